The van der Waals surface area contributed by atoms with E-state index in [0.29, 0.717) is 39.1 Å². The molecule has 10 heteroatoms. The highest BCUT2D eigenvalue weighted by Crippen LogP contribution is 2.38. The molecule has 0 amide bonds. The number of esters is 2. The van der Waals surface area contributed by atoms with Crippen molar-refractivity contribution in [1.29, 1.82) is 0 Å². The van der Waals surface area contributed by atoms with Crippen molar-refractivity contribution in [2.24, 2.45) is 4.99 Å². The molecule has 0 radical (unpaired) electrons. The first-order chi connectivity index (χ1) is 17.7. The van der Waals surface area contributed by atoms with E-state index in [-0.39, 0.29) is 23.0 Å². The second-order valence-electron chi connectivity index (χ2n) is 8.11. The lowest BCUT2D eigenvalue weighted by Crippen LogP contribution is -2.10. The van der Waals surface area contributed by atoms with Gasteiger partial charge in [0.15, 0.2) is 17.2 Å². The summed E-state index contributed by atoms with van der Waals surface area (Å²) in [5, 5.41) is 11.1. The van der Waals surface area contributed by atoms with Crippen molar-refractivity contribution >= 4 is 45.5 Å². The third-order valence-electron chi connectivity index (χ3n) is 5.38. The number of hydrogen-bond donors (Lipinski definition) is 0. The normalized spacial score (nSPS) is 13.8. The maximum atomic E-state index is 12.7. The number of benzene rings is 3. The lowest BCUT2D eigenvalue weighted by atomic mass is 10.1. The molecule has 1 heterocycles. The van der Waals surface area contributed by atoms with Gasteiger partial charge in [0.2, 0.25) is 5.90 Å². The molecule has 0 spiro atoms. The number of nitro groups is 1. The number of carbonyl (C=O) groups is 2. The van der Waals surface area contributed by atoms with Gasteiger partial charge in [-0.3, -0.25) is 10.1 Å². The lowest BCUT2D eigenvalue weighted by molar-refractivity contribution is -0.385. The van der Waals surface area contributed by atoms with E-state index >= 15 is 0 Å². The van der Waals surface area contributed by atoms with Gasteiger partial charge in [0.05, 0.1) is 21.6 Å². The van der Waals surface area contributed by atoms with Gasteiger partial charge < -0.3 is 14.2 Å². The molecule has 0 atom stereocenters. The Balaban J connectivity index is 1.64. The van der Waals surface area contributed by atoms with Crippen molar-refractivity contribution in [3.63, 3.8) is 0 Å². The first-order valence-electron chi connectivity index (χ1n) is 11.2. The van der Waals surface area contributed by atoms with E-state index in [2.05, 4.69) is 20.9 Å². The summed E-state index contributed by atoms with van der Waals surface area (Å²) in [5.74, 6) is -0.670. The molecule has 0 N–H and O–H groups in total. The molecule has 4 rings (SSSR count). The van der Waals surface area contributed by atoms with Gasteiger partial charge in [-0.15, -0.1) is 0 Å². The number of carbonyl (C=O) groups excluding carboxylic acids is 2. The highest BCUT2D eigenvalue weighted by Gasteiger charge is 2.26. The van der Waals surface area contributed by atoms with Crippen molar-refractivity contribution in [1.82, 2.24) is 0 Å². The quantitative estimate of drug-likeness (QED) is 0.114. The van der Waals surface area contributed by atoms with Crippen molar-refractivity contribution in [2.75, 3.05) is 6.61 Å². The Morgan fingerprint density at radius 1 is 1.14 bits per heavy atom. The Morgan fingerprint density at radius 3 is 2.51 bits per heavy atom. The van der Waals surface area contributed by atoms with Crippen molar-refractivity contribution < 1.29 is 28.7 Å². The van der Waals surface area contributed by atoms with Crippen LogP contribution in [0.3, 0.4) is 0 Å². The molecular formula is C27H21BrN2O7. The first-order valence-corrected chi connectivity index (χ1v) is 12.0. The summed E-state index contributed by atoms with van der Waals surface area (Å²) >= 11 is 3.43. The largest absolute Gasteiger partial charge is 0.490 e. The molecule has 3 aromatic rings. The summed E-state index contributed by atoms with van der Waals surface area (Å²) in [6.45, 7) is 5.62. The van der Waals surface area contributed by atoms with Gasteiger partial charge in [-0.1, -0.05) is 17.7 Å². The standard InChI is InChI=1S/C27H21BrN2O7/c1-4-35-23-14-17(12-20(28)24(23)36-26(31)18-7-5-15(2)6-8-18)13-21-27(32)37-25(29-21)19-9-10-22(30(33)34)16(3)11-19/h5-14H,4H2,1-3H3/b21-13-. The average molecular weight is 565 g/mol. The maximum Gasteiger partial charge on any atom is 0.363 e. The van der Waals surface area contributed by atoms with Crippen LogP contribution in [0, 0.1) is 24.0 Å². The smallest absolute Gasteiger partial charge is 0.363 e. The van der Waals surface area contributed by atoms with Crippen LogP contribution in [0.5, 0.6) is 11.5 Å². The Bertz CT molecular complexity index is 1480. The Labute approximate surface area is 220 Å². The van der Waals surface area contributed by atoms with Gasteiger partial charge >= 0.3 is 11.9 Å². The third-order valence-corrected chi connectivity index (χ3v) is 5.97. The Hall–Kier alpha value is -4.31. The predicted molar refractivity (Wildman–Crippen MR) is 140 cm³/mol. The number of hydrogen-bond acceptors (Lipinski definition) is 8. The van der Waals surface area contributed by atoms with Crippen LogP contribution < -0.4 is 9.47 Å². The highest BCUT2D eigenvalue weighted by atomic mass is 79.9. The van der Waals surface area contributed by atoms with E-state index in [1.54, 1.807) is 38.1 Å². The molecule has 37 heavy (non-hydrogen) atoms. The number of halogens is 1. The number of ether oxygens (including phenoxy) is 3. The fraction of sp³-hybridized carbons (Fsp3) is 0.148. The molecule has 0 aromatic heterocycles. The molecule has 0 fully saturated rings. The van der Waals surface area contributed by atoms with Gasteiger partial charge in [0.25, 0.3) is 5.69 Å². The average Bonchev–Trinajstić information content (AvgIpc) is 3.21. The third kappa shape index (κ3) is 5.75. The fourth-order valence-corrected chi connectivity index (χ4v) is 4.10. The van der Waals surface area contributed by atoms with Gasteiger partial charge in [-0.25, -0.2) is 14.6 Å². The molecule has 1 aliphatic rings. The van der Waals surface area contributed by atoms with E-state index in [1.165, 1.54) is 24.3 Å². The number of nitro benzene ring substituents is 1. The molecule has 0 saturated heterocycles. The fourth-order valence-electron chi connectivity index (χ4n) is 3.56. The zero-order valence-electron chi connectivity index (χ0n) is 20.1. The predicted octanol–water partition coefficient (Wildman–Crippen LogP) is 5.94. The van der Waals surface area contributed by atoms with Gasteiger partial charge in [0, 0.05) is 17.2 Å². The molecule has 188 valence electrons. The summed E-state index contributed by atoms with van der Waals surface area (Å²) in [7, 11) is 0. The zero-order valence-corrected chi connectivity index (χ0v) is 21.7. The van der Waals surface area contributed by atoms with Crippen LogP contribution in [-0.4, -0.2) is 29.4 Å². The van der Waals surface area contributed by atoms with E-state index in [1.807, 2.05) is 19.1 Å². The number of aliphatic imine (C=N–C) groups is 1. The highest BCUT2D eigenvalue weighted by molar-refractivity contribution is 9.10. The molecule has 9 nitrogen and oxygen atoms in total. The topological polar surface area (TPSA) is 117 Å². The molecule has 1 aliphatic heterocycles. The van der Waals surface area contributed by atoms with Crippen LogP contribution in [0.2, 0.25) is 0 Å². The number of cyclic esters (lactones) is 1. The van der Waals surface area contributed by atoms with E-state index < -0.39 is 16.9 Å². The van der Waals surface area contributed by atoms with E-state index in [4.69, 9.17) is 14.2 Å². The monoisotopic (exact) mass is 564 g/mol. The maximum absolute atomic E-state index is 12.7. The summed E-state index contributed by atoms with van der Waals surface area (Å²) in [6.07, 6.45) is 1.51. The van der Waals surface area contributed by atoms with Crippen LogP contribution in [-0.2, 0) is 9.53 Å². The minimum absolute atomic E-state index is 0.0322. The molecule has 0 saturated carbocycles. The Kier molecular flexibility index (Phi) is 7.49. The molecule has 0 unspecified atom stereocenters. The molecule has 0 bridgehead atoms. The zero-order chi connectivity index (χ0) is 26.7. The summed E-state index contributed by atoms with van der Waals surface area (Å²) < 4.78 is 17.0. The second kappa shape index (κ2) is 10.8. The minimum atomic E-state index is -0.671. The first kappa shape index (κ1) is 25.8. The number of aryl methyl sites for hydroxylation is 2. The van der Waals surface area contributed by atoms with Crippen molar-refractivity contribution in [3.8, 4) is 11.5 Å². The summed E-state index contributed by atoms with van der Waals surface area (Å²) in [4.78, 5) is 40.0. The Morgan fingerprint density at radius 2 is 1.86 bits per heavy atom. The van der Waals surface area contributed by atoms with Crippen molar-refractivity contribution in [2.45, 2.75) is 20.8 Å². The van der Waals surface area contributed by atoms with E-state index in [0.717, 1.165) is 5.56 Å². The molecule has 0 aliphatic carbocycles. The van der Waals surface area contributed by atoms with Crippen LogP contribution >= 0.6 is 15.9 Å². The van der Waals surface area contributed by atoms with Gasteiger partial charge in [0.1, 0.15) is 0 Å². The minimum Gasteiger partial charge on any atom is -0.490 e. The number of nitrogens with zero attached hydrogens (tertiary/aromatic N) is 2. The SMILES string of the molecule is CCOc1cc(/C=C2\N=C(c3ccc([N+](=O)[O-])c(C)c3)OC2=O)cc(Br)c1OC(=O)c1ccc(C)cc1. The van der Waals surface area contributed by atoms with Crippen LogP contribution in [0.1, 0.15) is 39.5 Å². The molecule has 3 aromatic carbocycles. The van der Waals surface area contributed by atoms with E-state index in [9.17, 15) is 19.7 Å². The van der Waals surface area contributed by atoms with Crippen LogP contribution in [0.15, 0.2) is 69.8 Å². The second-order valence-corrected chi connectivity index (χ2v) is 8.97. The van der Waals surface area contributed by atoms with Crippen LogP contribution in [0.25, 0.3) is 6.08 Å². The van der Waals surface area contributed by atoms with Gasteiger partial charge in [-0.2, -0.15) is 0 Å². The summed E-state index contributed by atoms with van der Waals surface area (Å²) in [6, 6.07) is 14.6. The molecular weight excluding hydrogens is 544 g/mol. The van der Waals surface area contributed by atoms with Gasteiger partial charge in [-0.05, 0) is 84.7 Å². The van der Waals surface area contributed by atoms with Crippen LogP contribution in [0.4, 0.5) is 5.69 Å². The lowest BCUT2D eigenvalue weighted by Gasteiger charge is -2.13. The van der Waals surface area contributed by atoms with Crippen molar-refractivity contribution in [3.05, 3.63) is 103 Å². The number of rotatable bonds is 7. The summed E-state index contributed by atoms with van der Waals surface area (Å²) in [5.41, 5.74) is 2.80.